The van der Waals surface area contributed by atoms with E-state index in [1.807, 2.05) is 0 Å². The van der Waals surface area contributed by atoms with Crippen molar-refractivity contribution >= 4 is 8.25 Å². The summed E-state index contributed by atoms with van der Waals surface area (Å²) in [6.07, 6.45) is 1.07. The molecule has 5 heteroatoms. The van der Waals surface area contributed by atoms with E-state index in [9.17, 15) is 4.57 Å². The molecule has 0 spiro atoms. The minimum Gasteiger partial charge on any atom is -0.314 e. The predicted octanol–water partition coefficient (Wildman–Crippen LogP) is 1.13. The van der Waals surface area contributed by atoms with Crippen molar-refractivity contribution in [2.75, 3.05) is 26.7 Å². The van der Waals surface area contributed by atoms with Crippen LogP contribution in [-0.4, -0.2) is 37.7 Å². The van der Waals surface area contributed by atoms with Crippen molar-refractivity contribution in [3.8, 4) is 0 Å². The van der Waals surface area contributed by atoms with Gasteiger partial charge in [-0.3, -0.25) is 4.57 Å². The lowest BCUT2D eigenvalue weighted by atomic mass is 10.3. The van der Waals surface area contributed by atoms with Crippen molar-refractivity contribution in [2.45, 2.75) is 19.4 Å². The zero-order chi connectivity index (χ0) is 8.97. The first kappa shape index (κ1) is 10.2. The lowest BCUT2D eigenvalue weighted by molar-refractivity contribution is 0.179. The summed E-state index contributed by atoms with van der Waals surface area (Å²) >= 11 is 0. The molecule has 1 fully saturated rings. The highest BCUT2D eigenvalue weighted by atomic mass is 31.1. The van der Waals surface area contributed by atoms with Crippen LogP contribution < -0.4 is 0 Å². The maximum absolute atomic E-state index is 10.9. The van der Waals surface area contributed by atoms with Crippen LogP contribution >= 0.6 is 8.25 Å². The van der Waals surface area contributed by atoms with E-state index < -0.39 is 8.25 Å². The SMILES string of the molecule is CCN1CCC(O[PH](=O)OC)C1. The quantitative estimate of drug-likeness (QED) is 0.627. The summed E-state index contributed by atoms with van der Waals surface area (Å²) in [6, 6.07) is 0. The molecule has 1 saturated heterocycles. The molecular formula is C7H16NO3P. The number of hydrogen-bond acceptors (Lipinski definition) is 4. The Bertz CT molecular complexity index is 165. The van der Waals surface area contributed by atoms with Crippen LogP contribution in [0.5, 0.6) is 0 Å². The van der Waals surface area contributed by atoms with Gasteiger partial charge in [-0.25, -0.2) is 0 Å². The summed E-state index contributed by atoms with van der Waals surface area (Å²) < 4.78 is 20.6. The summed E-state index contributed by atoms with van der Waals surface area (Å²) in [5.74, 6) is 0. The van der Waals surface area contributed by atoms with Crippen molar-refractivity contribution < 1.29 is 13.6 Å². The largest absolute Gasteiger partial charge is 0.319 e. The van der Waals surface area contributed by atoms with Gasteiger partial charge in [0.1, 0.15) is 0 Å². The summed E-state index contributed by atoms with van der Waals surface area (Å²) in [5, 5.41) is 0. The van der Waals surface area contributed by atoms with Crippen molar-refractivity contribution in [3.05, 3.63) is 0 Å². The van der Waals surface area contributed by atoms with E-state index in [1.165, 1.54) is 7.11 Å². The molecule has 1 aliphatic heterocycles. The van der Waals surface area contributed by atoms with Crippen molar-refractivity contribution in [1.82, 2.24) is 4.90 Å². The van der Waals surface area contributed by atoms with E-state index in [0.717, 1.165) is 26.1 Å². The second-order valence-electron chi connectivity index (χ2n) is 2.88. The van der Waals surface area contributed by atoms with E-state index in [0.29, 0.717) is 0 Å². The summed E-state index contributed by atoms with van der Waals surface area (Å²) in [4.78, 5) is 2.27. The third kappa shape index (κ3) is 2.87. The van der Waals surface area contributed by atoms with Gasteiger partial charge in [-0.2, -0.15) is 0 Å². The molecular weight excluding hydrogens is 177 g/mol. The molecule has 0 N–H and O–H groups in total. The van der Waals surface area contributed by atoms with Gasteiger partial charge in [-0.05, 0) is 13.0 Å². The maximum atomic E-state index is 10.9. The fraction of sp³-hybridized carbons (Fsp3) is 1.00. The lowest BCUT2D eigenvalue weighted by Crippen LogP contribution is -2.21. The van der Waals surface area contributed by atoms with Gasteiger partial charge in [0.05, 0.1) is 6.10 Å². The normalized spacial score (nSPS) is 27.7. The summed E-state index contributed by atoms with van der Waals surface area (Å²) in [5.41, 5.74) is 0. The molecule has 2 atom stereocenters. The Hall–Kier alpha value is 0.110. The Balaban J connectivity index is 2.23. The highest BCUT2D eigenvalue weighted by Crippen LogP contribution is 2.28. The Morgan fingerprint density at radius 1 is 1.67 bits per heavy atom. The fourth-order valence-corrected chi connectivity index (χ4v) is 1.93. The van der Waals surface area contributed by atoms with Gasteiger partial charge in [0.2, 0.25) is 0 Å². The second-order valence-corrected chi connectivity index (χ2v) is 4.02. The zero-order valence-electron chi connectivity index (χ0n) is 7.58. The molecule has 0 bridgehead atoms. The summed E-state index contributed by atoms with van der Waals surface area (Å²) in [6.45, 7) is 5.08. The molecule has 72 valence electrons. The zero-order valence-corrected chi connectivity index (χ0v) is 8.58. The van der Waals surface area contributed by atoms with Crippen molar-refractivity contribution in [3.63, 3.8) is 0 Å². The molecule has 0 radical (unpaired) electrons. The molecule has 0 amide bonds. The highest BCUT2D eigenvalue weighted by Gasteiger charge is 2.23. The van der Waals surface area contributed by atoms with Crippen LogP contribution in [0.4, 0.5) is 0 Å². The standard InChI is InChI=1S/C7H16NO3P/c1-3-8-5-4-7(6-8)11-12(9)10-2/h7,12H,3-6H2,1-2H3. The smallest absolute Gasteiger partial charge is 0.314 e. The minimum absolute atomic E-state index is 0.108. The van der Waals surface area contributed by atoms with Crippen LogP contribution in [0.1, 0.15) is 13.3 Å². The van der Waals surface area contributed by atoms with E-state index >= 15 is 0 Å². The number of hydrogen-bond donors (Lipinski definition) is 0. The van der Waals surface area contributed by atoms with Gasteiger partial charge in [-0.15, -0.1) is 0 Å². The molecule has 1 rings (SSSR count). The van der Waals surface area contributed by atoms with Crippen LogP contribution in [0.15, 0.2) is 0 Å². The molecule has 0 aromatic rings. The van der Waals surface area contributed by atoms with Gasteiger partial charge >= 0.3 is 8.25 Å². The van der Waals surface area contributed by atoms with Gasteiger partial charge in [0, 0.05) is 20.2 Å². The maximum Gasteiger partial charge on any atom is 0.319 e. The molecule has 0 aliphatic carbocycles. The van der Waals surface area contributed by atoms with E-state index in [2.05, 4.69) is 16.3 Å². The van der Waals surface area contributed by atoms with Crippen LogP contribution in [0.25, 0.3) is 0 Å². The lowest BCUT2D eigenvalue weighted by Gasteiger charge is -2.12. The number of rotatable bonds is 4. The van der Waals surface area contributed by atoms with E-state index in [4.69, 9.17) is 4.52 Å². The third-order valence-corrected chi connectivity index (χ3v) is 2.97. The molecule has 2 unspecified atom stereocenters. The molecule has 0 aromatic carbocycles. The number of nitrogens with zero attached hydrogens (tertiary/aromatic N) is 1. The molecule has 4 nitrogen and oxygen atoms in total. The molecule has 0 saturated carbocycles. The fourth-order valence-electron chi connectivity index (χ4n) is 1.36. The second kappa shape index (κ2) is 4.97. The molecule has 1 heterocycles. The monoisotopic (exact) mass is 193 g/mol. The Morgan fingerprint density at radius 2 is 2.42 bits per heavy atom. The number of likely N-dealkylation sites (tertiary alicyclic amines) is 1. The van der Waals surface area contributed by atoms with Gasteiger partial charge in [0.25, 0.3) is 0 Å². The van der Waals surface area contributed by atoms with Crippen LogP contribution in [0, 0.1) is 0 Å². The van der Waals surface area contributed by atoms with Crippen LogP contribution in [0.2, 0.25) is 0 Å². The average molecular weight is 193 g/mol. The summed E-state index contributed by atoms with van der Waals surface area (Å²) in [7, 11) is -0.809. The van der Waals surface area contributed by atoms with Crippen LogP contribution in [-0.2, 0) is 13.6 Å². The van der Waals surface area contributed by atoms with Gasteiger partial charge in [0.15, 0.2) is 0 Å². The van der Waals surface area contributed by atoms with Crippen molar-refractivity contribution in [2.24, 2.45) is 0 Å². The van der Waals surface area contributed by atoms with E-state index in [1.54, 1.807) is 0 Å². The van der Waals surface area contributed by atoms with Gasteiger partial charge < -0.3 is 13.9 Å². The van der Waals surface area contributed by atoms with Crippen molar-refractivity contribution in [1.29, 1.82) is 0 Å². The minimum atomic E-state index is -2.22. The first-order valence-corrected chi connectivity index (χ1v) is 5.45. The Kier molecular flexibility index (Phi) is 4.22. The molecule has 12 heavy (non-hydrogen) atoms. The predicted molar refractivity (Wildman–Crippen MR) is 47.6 cm³/mol. The Morgan fingerprint density at radius 3 is 2.92 bits per heavy atom. The third-order valence-electron chi connectivity index (χ3n) is 2.11. The van der Waals surface area contributed by atoms with E-state index in [-0.39, 0.29) is 6.10 Å². The topological polar surface area (TPSA) is 38.8 Å². The number of likely N-dealkylation sites (N-methyl/N-ethyl adjacent to an activating group) is 1. The molecule has 0 aromatic heterocycles. The highest BCUT2D eigenvalue weighted by molar-refractivity contribution is 7.33. The first-order chi connectivity index (χ1) is 5.76. The van der Waals surface area contributed by atoms with Crippen LogP contribution in [0.3, 0.4) is 0 Å². The average Bonchev–Trinajstić information content (AvgIpc) is 2.52. The molecule has 1 aliphatic rings. The van der Waals surface area contributed by atoms with Gasteiger partial charge in [-0.1, -0.05) is 6.92 Å². The first-order valence-electron chi connectivity index (χ1n) is 4.23. The Labute approximate surface area is 73.8 Å².